The summed E-state index contributed by atoms with van der Waals surface area (Å²) in [6, 6.07) is 1.82. The predicted molar refractivity (Wildman–Crippen MR) is 65.8 cm³/mol. The summed E-state index contributed by atoms with van der Waals surface area (Å²) < 4.78 is 0.879. The van der Waals surface area contributed by atoms with E-state index in [1.165, 1.54) is 0 Å². The highest BCUT2D eigenvalue weighted by Crippen LogP contribution is 2.21. The van der Waals surface area contributed by atoms with Crippen molar-refractivity contribution >= 4 is 27.4 Å². The first kappa shape index (κ1) is 12.3. The highest BCUT2D eigenvalue weighted by Gasteiger charge is 2.00. The third-order valence-electron chi connectivity index (χ3n) is 1.99. The summed E-state index contributed by atoms with van der Waals surface area (Å²) in [7, 11) is 0. The van der Waals surface area contributed by atoms with Crippen molar-refractivity contribution in [1.82, 2.24) is 4.98 Å². The molecule has 5 heteroatoms. The Morgan fingerprint density at radius 1 is 1.40 bits per heavy atom. The number of hydrogen-bond acceptors (Lipinski definition) is 4. The fourth-order valence-corrected chi connectivity index (χ4v) is 1.71. The average Bonchev–Trinajstić information content (AvgIpc) is 2.20. The zero-order chi connectivity index (χ0) is 11.1. The summed E-state index contributed by atoms with van der Waals surface area (Å²) in [4.78, 5) is 4.16. The van der Waals surface area contributed by atoms with Gasteiger partial charge in [-0.15, -0.1) is 0 Å². The van der Waals surface area contributed by atoms with E-state index in [2.05, 4.69) is 26.2 Å². The fraction of sp³-hybridized carbons (Fsp3) is 0.500. The normalized spacial score (nSPS) is 10.3. The number of nitrogens with one attached hydrogen (secondary N) is 1. The molecule has 0 fully saturated rings. The number of anilines is 2. The Hall–Kier alpha value is -0.810. The zero-order valence-corrected chi connectivity index (χ0v) is 10.1. The van der Waals surface area contributed by atoms with E-state index >= 15 is 0 Å². The lowest BCUT2D eigenvalue weighted by molar-refractivity contribution is 0.283. The molecule has 4 nitrogen and oxygen atoms in total. The fourth-order valence-electron chi connectivity index (χ4n) is 1.20. The molecule has 0 amide bonds. The summed E-state index contributed by atoms with van der Waals surface area (Å²) in [5, 5.41) is 11.8. The summed E-state index contributed by atoms with van der Waals surface area (Å²) in [5.74, 6) is 0.813. The van der Waals surface area contributed by atoms with Crippen molar-refractivity contribution in [2.24, 2.45) is 0 Å². The molecule has 0 bridgehead atoms. The number of halogens is 1. The molecule has 0 aliphatic rings. The largest absolute Gasteiger partial charge is 0.397 e. The van der Waals surface area contributed by atoms with Gasteiger partial charge in [0.15, 0.2) is 0 Å². The minimum Gasteiger partial charge on any atom is -0.397 e. The van der Waals surface area contributed by atoms with Crippen molar-refractivity contribution in [3.63, 3.8) is 0 Å². The van der Waals surface area contributed by atoms with Gasteiger partial charge < -0.3 is 16.2 Å². The first-order valence-corrected chi connectivity index (χ1v) is 5.79. The number of nitrogens with two attached hydrogens (primary N) is 1. The molecule has 1 heterocycles. The van der Waals surface area contributed by atoms with Crippen LogP contribution in [-0.2, 0) is 0 Å². The molecule has 0 aromatic carbocycles. The predicted octanol–water partition coefficient (Wildman–Crippen LogP) is 2.00. The van der Waals surface area contributed by atoms with E-state index in [1.54, 1.807) is 6.20 Å². The van der Waals surface area contributed by atoms with E-state index in [-0.39, 0.29) is 6.61 Å². The highest BCUT2D eigenvalue weighted by molar-refractivity contribution is 9.10. The van der Waals surface area contributed by atoms with E-state index in [0.29, 0.717) is 5.69 Å². The molecule has 0 radical (unpaired) electrons. The maximum atomic E-state index is 8.60. The van der Waals surface area contributed by atoms with Crippen LogP contribution in [0.25, 0.3) is 0 Å². The number of unbranched alkanes of at least 4 members (excludes halogenated alkanes) is 2. The van der Waals surface area contributed by atoms with Crippen molar-refractivity contribution in [2.75, 3.05) is 24.2 Å². The Bertz CT molecular complexity index is 307. The van der Waals surface area contributed by atoms with E-state index in [9.17, 15) is 0 Å². The van der Waals surface area contributed by atoms with Gasteiger partial charge in [-0.05, 0) is 41.3 Å². The Labute approximate surface area is 98.0 Å². The molecule has 0 saturated carbocycles. The maximum absolute atomic E-state index is 8.60. The van der Waals surface area contributed by atoms with Crippen LogP contribution < -0.4 is 11.1 Å². The molecule has 1 rings (SSSR count). The maximum Gasteiger partial charge on any atom is 0.140 e. The van der Waals surface area contributed by atoms with Crippen LogP contribution >= 0.6 is 15.9 Å². The van der Waals surface area contributed by atoms with Crippen molar-refractivity contribution in [3.8, 4) is 0 Å². The van der Waals surface area contributed by atoms with E-state index < -0.39 is 0 Å². The smallest absolute Gasteiger partial charge is 0.140 e. The first-order chi connectivity index (χ1) is 7.24. The molecule has 0 unspecified atom stereocenters. The van der Waals surface area contributed by atoms with Crippen LogP contribution in [0.4, 0.5) is 11.5 Å². The summed E-state index contributed by atoms with van der Waals surface area (Å²) in [6.07, 6.45) is 4.54. The second-order valence-corrected chi connectivity index (χ2v) is 4.16. The Morgan fingerprint density at radius 2 is 2.20 bits per heavy atom. The number of nitrogens with zero attached hydrogens (tertiary/aromatic N) is 1. The Morgan fingerprint density at radius 3 is 2.87 bits per heavy atom. The first-order valence-electron chi connectivity index (χ1n) is 5.00. The van der Waals surface area contributed by atoms with Gasteiger partial charge in [0, 0.05) is 13.2 Å². The van der Waals surface area contributed by atoms with Crippen LogP contribution in [0.3, 0.4) is 0 Å². The molecular weight excluding hydrogens is 258 g/mol. The number of aromatic nitrogens is 1. The highest BCUT2D eigenvalue weighted by atomic mass is 79.9. The van der Waals surface area contributed by atoms with Gasteiger partial charge in [-0.3, -0.25) is 0 Å². The zero-order valence-electron chi connectivity index (χ0n) is 8.54. The second kappa shape index (κ2) is 6.63. The van der Waals surface area contributed by atoms with Crippen LogP contribution in [0.15, 0.2) is 16.7 Å². The van der Waals surface area contributed by atoms with E-state index in [0.717, 1.165) is 36.1 Å². The SMILES string of the molecule is Nc1cnc(NCCCCCO)c(Br)c1. The summed E-state index contributed by atoms with van der Waals surface area (Å²) in [6.45, 7) is 1.12. The number of hydrogen-bond donors (Lipinski definition) is 3. The number of aliphatic hydroxyl groups is 1. The van der Waals surface area contributed by atoms with Gasteiger partial charge in [0.2, 0.25) is 0 Å². The Balaban J connectivity index is 2.31. The van der Waals surface area contributed by atoms with Gasteiger partial charge in [-0.25, -0.2) is 4.98 Å². The lowest BCUT2D eigenvalue weighted by Crippen LogP contribution is -2.04. The topological polar surface area (TPSA) is 71.2 Å². The molecule has 15 heavy (non-hydrogen) atoms. The van der Waals surface area contributed by atoms with Gasteiger partial charge >= 0.3 is 0 Å². The summed E-state index contributed by atoms with van der Waals surface area (Å²) in [5.41, 5.74) is 6.22. The number of rotatable bonds is 6. The molecule has 0 aliphatic heterocycles. The molecule has 4 N–H and O–H groups in total. The minimum atomic E-state index is 0.268. The number of aliphatic hydroxyl groups excluding tert-OH is 1. The number of nitrogen functional groups attached to an aromatic ring is 1. The average molecular weight is 274 g/mol. The van der Waals surface area contributed by atoms with Crippen LogP contribution in [0.2, 0.25) is 0 Å². The van der Waals surface area contributed by atoms with Crippen molar-refractivity contribution in [2.45, 2.75) is 19.3 Å². The third-order valence-corrected chi connectivity index (χ3v) is 2.59. The molecule has 0 saturated heterocycles. The van der Waals surface area contributed by atoms with Crippen LogP contribution in [-0.4, -0.2) is 23.2 Å². The molecule has 0 atom stereocenters. The van der Waals surface area contributed by atoms with Crippen molar-refractivity contribution < 1.29 is 5.11 Å². The van der Waals surface area contributed by atoms with Gasteiger partial charge in [-0.1, -0.05) is 0 Å². The van der Waals surface area contributed by atoms with Crippen LogP contribution in [0.5, 0.6) is 0 Å². The van der Waals surface area contributed by atoms with E-state index in [4.69, 9.17) is 10.8 Å². The van der Waals surface area contributed by atoms with E-state index in [1.807, 2.05) is 6.07 Å². The quantitative estimate of drug-likeness (QED) is 0.694. The molecule has 1 aromatic heterocycles. The number of pyridine rings is 1. The molecular formula is C10H16BrN3O. The third kappa shape index (κ3) is 4.48. The summed E-state index contributed by atoms with van der Waals surface area (Å²) >= 11 is 3.38. The van der Waals surface area contributed by atoms with Crippen LogP contribution in [0, 0.1) is 0 Å². The minimum absolute atomic E-state index is 0.268. The van der Waals surface area contributed by atoms with Gasteiger partial charge in [0.05, 0.1) is 16.4 Å². The second-order valence-electron chi connectivity index (χ2n) is 3.31. The van der Waals surface area contributed by atoms with Gasteiger partial charge in [-0.2, -0.15) is 0 Å². The molecule has 84 valence electrons. The molecule has 0 spiro atoms. The van der Waals surface area contributed by atoms with Gasteiger partial charge in [0.25, 0.3) is 0 Å². The monoisotopic (exact) mass is 273 g/mol. The molecule has 0 aliphatic carbocycles. The van der Waals surface area contributed by atoms with Crippen molar-refractivity contribution in [1.29, 1.82) is 0 Å². The van der Waals surface area contributed by atoms with Gasteiger partial charge in [0.1, 0.15) is 5.82 Å². The lowest BCUT2D eigenvalue weighted by Gasteiger charge is -2.07. The van der Waals surface area contributed by atoms with Crippen molar-refractivity contribution in [3.05, 3.63) is 16.7 Å². The van der Waals surface area contributed by atoms with Crippen LogP contribution in [0.1, 0.15) is 19.3 Å². The Kier molecular flexibility index (Phi) is 5.42. The standard InChI is InChI=1S/C10H16BrN3O/c11-9-6-8(12)7-14-10(9)13-4-2-1-3-5-15/h6-7,15H,1-5,12H2,(H,13,14). The lowest BCUT2D eigenvalue weighted by atomic mass is 10.2. The molecule has 1 aromatic rings.